The lowest BCUT2D eigenvalue weighted by atomic mass is 10.1. The first-order valence-electron chi connectivity index (χ1n) is 9.80. The van der Waals surface area contributed by atoms with Crippen LogP contribution in [0.25, 0.3) is 0 Å². The molecule has 3 aromatic rings. The van der Waals surface area contributed by atoms with E-state index in [-0.39, 0.29) is 26.8 Å². The van der Waals surface area contributed by atoms with E-state index in [1.165, 1.54) is 0 Å². The summed E-state index contributed by atoms with van der Waals surface area (Å²) < 4.78 is 107. The Balaban J connectivity index is 2.01. The molecule has 202 valence electrons. The Kier molecular flexibility index (Phi) is 6.55. The highest BCUT2D eigenvalue weighted by Gasteiger charge is 2.71. The van der Waals surface area contributed by atoms with Crippen molar-refractivity contribution in [2.75, 3.05) is 5.01 Å². The highest BCUT2D eigenvalue weighted by Crippen LogP contribution is 3.02. The lowest BCUT2D eigenvalue weighted by Gasteiger charge is -2.39. The summed E-state index contributed by atoms with van der Waals surface area (Å²) in [6.07, 6.45) is -6.06. The number of carbonyl (C=O) groups excluding carboxylic acids is 2. The maximum absolute atomic E-state index is 13.5. The van der Waals surface area contributed by atoms with E-state index < -0.39 is 50.2 Å². The number of carbonyl (C=O) groups is 2. The molecule has 1 heterocycles. The summed E-state index contributed by atoms with van der Waals surface area (Å²) in [6.45, 7) is 0.0482. The number of aromatic nitrogens is 2. The second-order valence-electron chi connectivity index (χ2n) is 7.63. The number of halogens is 9. The van der Waals surface area contributed by atoms with Gasteiger partial charge < -0.3 is 5.32 Å². The molecule has 0 atom stereocenters. The van der Waals surface area contributed by atoms with Crippen molar-refractivity contribution in [3.8, 4) is 0 Å². The minimum Gasteiger partial charge on any atom is -0.348 e. The summed E-state index contributed by atoms with van der Waals surface area (Å²) in [7, 11) is -10.6. The Morgan fingerprint density at radius 3 is 2.22 bits per heavy atom. The number of rotatable bonds is 6. The lowest BCUT2D eigenvalue weighted by molar-refractivity contribution is -0.140. The fraction of sp³-hybridized carbons (Fsp3) is 0.150. The maximum Gasteiger partial charge on any atom is 0.421 e. The Bertz CT molecular complexity index is 1380. The van der Waals surface area contributed by atoms with Crippen molar-refractivity contribution in [3.63, 3.8) is 0 Å². The summed E-state index contributed by atoms with van der Waals surface area (Å²) >= 11 is 6.00. The molecule has 2 amide bonds. The van der Waals surface area contributed by atoms with Crippen molar-refractivity contribution in [3.05, 3.63) is 75.9 Å². The number of alkyl halides is 3. The summed E-state index contributed by atoms with van der Waals surface area (Å²) in [5.74, 6) is 2.82. The highest BCUT2D eigenvalue weighted by molar-refractivity contribution is 8.45. The average Bonchev–Trinajstić information content (AvgIpc) is 3.15. The first-order chi connectivity index (χ1) is 16.7. The molecule has 7 nitrogen and oxygen atoms in total. The van der Waals surface area contributed by atoms with Crippen LogP contribution in [0.5, 0.6) is 0 Å². The quantitative estimate of drug-likeness (QED) is 0.158. The summed E-state index contributed by atoms with van der Waals surface area (Å²) in [4.78, 5) is 25.3. The molecule has 0 aliphatic carbocycles. The molecule has 17 heteroatoms. The molecule has 0 fully saturated rings. The van der Waals surface area contributed by atoms with Gasteiger partial charge in [0.15, 0.2) is 0 Å². The minimum atomic E-state index is -11.0. The molecule has 0 spiro atoms. The number of benzene rings is 2. The molecular weight excluding hydrogens is 562 g/mol. The van der Waals surface area contributed by atoms with Gasteiger partial charge in [0.2, 0.25) is 5.03 Å². The molecule has 0 aliphatic heterocycles. The third kappa shape index (κ3) is 6.14. The first-order valence-corrected chi connectivity index (χ1v) is 12.1. The van der Waals surface area contributed by atoms with Gasteiger partial charge in [0.1, 0.15) is 11.3 Å². The van der Waals surface area contributed by atoms with Gasteiger partial charge >= 0.3 is 16.4 Å². The predicted octanol–water partition coefficient (Wildman–Crippen LogP) is 6.20. The average molecular weight is 578 g/mol. The third-order valence-corrected chi connectivity index (χ3v) is 6.20. The van der Waals surface area contributed by atoms with Gasteiger partial charge in [0.25, 0.3) is 11.8 Å². The Morgan fingerprint density at radius 1 is 1.08 bits per heavy atom. The zero-order chi connectivity index (χ0) is 28.0. The van der Waals surface area contributed by atoms with E-state index in [9.17, 15) is 42.2 Å². The van der Waals surface area contributed by atoms with Gasteiger partial charge in [-0.3, -0.25) is 14.3 Å². The third-order valence-electron chi connectivity index (χ3n) is 4.85. The van der Waals surface area contributed by atoms with Crippen molar-refractivity contribution >= 4 is 39.3 Å². The molecule has 3 rings (SSSR count). The van der Waals surface area contributed by atoms with Crippen LogP contribution in [0.1, 0.15) is 32.0 Å². The van der Waals surface area contributed by atoms with Gasteiger partial charge in [-0.15, -0.1) is 0 Å². The SMILES string of the molecule is Cn1nc(S(F)(F)(F)(F)F)c(C(F)(F)F)c1C(=O)N(N)c1ccc(Cl)c(C(=O)NCc2ccccc2)c1. The van der Waals surface area contributed by atoms with E-state index in [0.29, 0.717) is 12.6 Å². The van der Waals surface area contributed by atoms with Gasteiger partial charge in [-0.05, 0) is 23.8 Å². The summed E-state index contributed by atoms with van der Waals surface area (Å²) in [5.41, 5.74) is -4.96. The van der Waals surface area contributed by atoms with Crippen LogP contribution in [0.2, 0.25) is 5.02 Å². The van der Waals surface area contributed by atoms with Gasteiger partial charge in [-0.25, -0.2) is 10.9 Å². The normalized spacial score (nSPS) is 14.0. The van der Waals surface area contributed by atoms with E-state index in [2.05, 4.69) is 10.4 Å². The Morgan fingerprint density at radius 2 is 1.68 bits per heavy atom. The molecule has 0 bridgehead atoms. The summed E-state index contributed by atoms with van der Waals surface area (Å²) in [6, 6.07) is 11.5. The van der Waals surface area contributed by atoms with Crippen LogP contribution in [0.3, 0.4) is 0 Å². The fourth-order valence-corrected chi connectivity index (χ4v) is 4.29. The van der Waals surface area contributed by atoms with E-state index in [1.807, 2.05) is 0 Å². The van der Waals surface area contributed by atoms with Gasteiger partial charge in [-0.2, -0.15) is 18.3 Å². The Labute approximate surface area is 208 Å². The summed E-state index contributed by atoms with van der Waals surface area (Å²) in [5, 5.41) is 1.07. The van der Waals surface area contributed by atoms with Crippen molar-refractivity contribution in [2.24, 2.45) is 12.9 Å². The maximum atomic E-state index is 13.5. The van der Waals surface area contributed by atoms with Crippen LogP contribution < -0.4 is 16.2 Å². The highest BCUT2D eigenvalue weighted by atomic mass is 35.5. The molecular formula is C20H16ClF8N5O2S. The van der Waals surface area contributed by atoms with E-state index in [1.54, 1.807) is 30.3 Å². The van der Waals surface area contributed by atoms with Crippen molar-refractivity contribution < 1.29 is 42.2 Å². The van der Waals surface area contributed by atoms with Crippen LogP contribution >= 0.6 is 21.8 Å². The van der Waals surface area contributed by atoms with Crippen molar-refractivity contribution in [1.29, 1.82) is 0 Å². The second-order valence-corrected chi connectivity index (χ2v) is 10.4. The first kappa shape index (κ1) is 28.2. The van der Waals surface area contributed by atoms with Crippen LogP contribution in [0, 0.1) is 0 Å². The largest absolute Gasteiger partial charge is 0.421 e. The molecule has 0 radical (unpaired) electrons. The fourth-order valence-electron chi connectivity index (χ4n) is 3.21. The smallest absolute Gasteiger partial charge is 0.348 e. The molecule has 0 saturated carbocycles. The van der Waals surface area contributed by atoms with Crippen LogP contribution in [0.4, 0.5) is 38.3 Å². The number of anilines is 1. The number of nitrogens with one attached hydrogen (secondary N) is 1. The van der Waals surface area contributed by atoms with Crippen molar-refractivity contribution in [2.45, 2.75) is 17.7 Å². The number of hydrogen-bond acceptors (Lipinski definition) is 4. The lowest BCUT2D eigenvalue weighted by Crippen LogP contribution is -2.40. The molecule has 0 aliphatic rings. The topological polar surface area (TPSA) is 93.2 Å². The van der Waals surface area contributed by atoms with E-state index in [0.717, 1.165) is 18.2 Å². The Hall–Kier alpha value is -3.37. The predicted molar refractivity (Wildman–Crippen MR) is 120 cm³/mol. The van der Waals surface area contributed by atoms with Crippen LogP contribution in [-0.4, -0.2) is 21.6 Å². The number of aryl methyl sites for hydroxylation is 1. The molecule has 2 aromatic carbocycles. The zero-order valence-corrected chi connectivity index (χ0v) is 19.9. The molecule has 0 saturated heterocycles. The van der Waals surface area contributed by atoms with Gasteiger partial charge in [0, 0.05) is 13.6 Å². The minimum absolute atomic E-state index is 0.0482. The molecule has 3 N–H and O–H groups in total. The number of nitrogens with two attached hydrogens (primary N) is 1. The zero-order valence-electron chi connectivity index (χ0n) is 18.4. The molecule has 37 heavy (non-hydrogen) atoms. The van der Waals surface area contributed by atoms with Crippen LogP contribution in [-0.2, 0) is 19.8 Å². The van der Waals surface area contributed by atoms with E-state index in [4.69, 9.17) is 17.4 Å². The monoisotopic (exact) mass is 577 g/mol. The number of nitrogens with zero attached hydrogens (tertiary/aromatic N) is 3. The molecule has 0 unspecified atom stereocenters. The number of amides is 2. The van der Waals surface area contributed by atoms with E-state index >= 15 is 0 Å². The second kappa shape index (κ2) is 8.59. The molecule has 1 aromatic heterocycles. The van der Waals surface area contributed by atoms with Gasteiger partial charge in [0.05, 0.1) is 16.3 Å². The number of hydrazine groups is 1. The van der Waals surface area contributed by atoms with Crippen molar-refractivity contribution in [1.82, 2.24) is 15.1 Å². The standard InChI is InChI=1S/C20H16ClF8N5O2S/c1-33-16(15(20(22,23)24)18(32-33)37(25,26,27,28)29)19(36)34(30)12-7-8-14(21)13(9-12)17(35)31-10-11-5-3-2-4-6-11/h2-9H,10,30H2,1H3,(H,31,35). The van der Waals surface area contributed by atoms with Crippen LogP contribution in [0.15, 0.2) is 53.6 Å². The number of hydrogen-bond donors (Lipinski definition) is 2. The van der Waals surface area contributed by atoms with Gasteiger partial charge in [-0.1, -0.05) is 61.4 Å².